The topological polar surface area (TPSA) is 124 Å². The average Bonchev–Trinajstić information content (AvgIpc) is 3.12. The second kappa shape index (κ2) is 9.54. The summed E-state index contributed by atoms with van der Waals surface area (Å²) in [5.41, 5.74) is 7.45. The molecule has 1 fully saturated rings. The molecule has 26 heavy (non-hydrogen) atoms. The number of nitro groups is 1. The predicted octanol–water partition coefficient (Wildman–Crippen LogP) is 1.69. The van der Waals surface area contributed by atoms with Crippen molar-refractivity contribution in [3.05, 3.63) is 58.2 Å². The Bertz CT molecular complexity index is 721. The van der Waals surface area contributed by atoms with E-state index in [1.54, 1.807) is 13.3 Å². The Morgan fingerprint density at radius 2 is 2.15 bits per heavy atom. The van der Waals surface area contributed by atoms with E-state index in [9.17, 15) is 14.9 Å². The van der Waals surface area contributed by atoms with Crippen LogP contribution in [0.1, 0.15) is 22.6 Å². The van der Waals surface area contributed by atoms with Gasteiger partial charge in [-0.25, -0.2) is 4.98 Å². The number of rotatable bonds is 5. The highest BCUT2D eigenvalue weighted by Gasteiger charge is 2.21. The number of carbonyl (C=O) groups excluding carboxylic acids is 1. The van der Waals surface area contributed by atoms with Gasteiger partial charge in [0, 0.05) is 32.8 Å². The van der Waals surface area contributed by atoms with E-state index in [-0.39, 0.29) is 11.4 Å². The SMILES string of the molecule is CO[C@H]1CCN(Cc2ccc(N)cn2)C1.O=Cc1ccc([N+](=O)[O-])cn1. The molecule has 0 aliphatic carbocycles. The number of hydrogen-bond donors (Lipinski definition) is 1. The van der Waals surface area contributed by atoms with Crippen LogP contribution in [0.25, 0.3) is 0 Å². The maximum Gasteiger partial charge on any atom is 0.287 e. The first-order valence-electron chi connectivity index (χ1n) is 8.03. The van der Waals surface area contributed by atoms with Gasteiger partial charge in [0.1, 0.15) is 11.9 Å². The first kappa shape index (κ1) is 19.4. The van der Waals surface area contributed by atoms with Crippen LogP contribution in [0.4, 0.5) is 11.4 Å². The molecule has 0 bridgehead atoms. The summed E-state index contributed by atoms with van der Waals surface area (Å²) in [4.78, 5) is 29.7. The van der Waals surface area contributed by atoms with E-state index >= 15 is 0 Å². The number of anilines is 1. The minimum atomic E-state index is -0.568. The van der Waals surface area contributed by atoms with Crippen LogP contribution in [-0.2, 0) is 11.3 Å². The van der Waals surface area contributed by atoms with Crippen molar-refractivity contribution < 1.29 is 14.5 Å². The van der Waals surface area contributed by atoms with Crippen molar-refractivity contribution in [1.82, 2.24) is 14.9 Å². The predicted molar refractivity (Wildman–Crippen MR) is 95.6 cm³/mol. The second-order valence-corrected chi connectivity index (χ2v) is 5.78. The Morgan fingerprint density at radius 1 is 1.35 bits per heavy atom. The van der Waals surface area contributed by atoms with Crippen LogP contribution < -0.4 is 5.73 Å². The third-order valence-corrected chi connectivity index (χ3v) is 3.90. The van der Waals surface area contributed by atoms with Crippen molar-refractivity contribution in [3.63, 3.8) is 0 Å². The zero-order valence-electron chi connectivity index (χ0n) is 14.4. The number of likely N-dealkylation sites (tertiary alicyclic amines) is 1. The molecule has 1 aliphatic heterocycles. The Kier molecular flexibility index (Phi) is 7.12. The summed E-state index contributed by atoms with van der Waals surface area (Å²) >= 11 is 0. The number of carbonyl (C=O) groups is 1. The fourth-order valence-corrected chi connectivity index (χ4v) is 2.47. The molecule has 1 atom stereocenters. The molecule has 1 saturated heterocycles. The zero-order chi connectivity index (χ0) is 18.9. The number of nitrogens with two attached hydrogens (primary N) is 1. The summed E-state index contributed by atoms with van der Waals surface area (Å²) < 4.78 is 5.32. The molecule has 0 amide bonds. The molecule has 9 nitrogen and oxygen atoms in total. The van der Waals surface area contributed by atoms with Crippen LogP contribution >= 0.6 is 0 Å². The molecular weight excluding hydrogens is 338 g/mol. The molecule has 0 spiro atoms. The van der Waals surface area contributed by atoms with Crippen molar-refractivity contribution in [1.29, 1.82) is 0 Å². The number of aldehydes is 1. The molecule has 2 aromatic rings. The molecule has 3 heterocycles. The van der Waals surface area contributed by atoms with Crippen molar-refractivity contribution in [2.75, 3.05) is 25.9 Å². The molecule has 138 valence electrons. The van der Waals surface area contributed by atoms with Gasteiger partial charge in [-0.3, -0.25) is 24.8 Å². The van der Waals surface area contributed by atoms with E-state index < -0.39 is 4.92 Å². The largest absolute Gasteiger partial charge is 0.397 e. The molecule has 9 heteroatoms. The standard InChI is InChI=1S/C11H17N3O.C6H4N2O3/c1-15-11-4-5-14(8-11)7-10-3-2-9(12)6-13-10;9-4-5-1-2-6(3-7-5)8(10)11/h2-3,6,11H,4-5,7-8,12H2,1H3;1-4H/t11-;/m0./s1. The van der Waals surface area contributed by atoms with Gasteiger partial charge in [-0.2, -0.15) is 0 Å². The van der Waals surface area contributed by atoms with E-state index in [2.05, 4.69) is 14.9 Å². The van der Waals surface area contributed by atoms with E-state index in [0.717, 1.165) is 43.6 Å². The number of nitrogen functional groups attached to an aromatic ring is 1. The quantitative estimate of drug-likeness (QED) is 0.486. The number of pyridine rings is 2. The van der Waals surface area contributed by atoms with Gasteiger partial charge >= 0.3 is 0 Å². The summed E-state index contributed by atoms with van der Waals surface area (Å²) in [7, 11) is 1.77. The second-order valence-electron chi connectivity index (χ2n) is 5.78. The maximum atomic E-state index is 10.1. The Balaban J connectivity index is 0.000000197. The molecule has 3 rings (SSSR count). The Hall–Kier alpha value is -2.91. The highest BCUT2D eigenvalue weighted by Crippen LogP contribution is 2.14. The van der Waals surface area contributed by atoms with Crippen LogP contribution in [0.15, 0.2) is 36.7 Å². The first-order chi connectivity index (χ1) is 12.5. The van der Waals surface area contributed by atoms with Crippen molar-refractivity contribution in [2.24, 2.45) is 0 Å². The molecule has 0 unspecified atom stereocenters. The number of methoxy groups -OCH3 is 1. The maximum absolute atomic E-state index is 10.1. The monoisotopic (exact) mass is 359 g/mol. The van der Waals surface area contributed by atoms with Gasteiger partial charge in [0.05, 0.1) is 28.6 Å². The lowest BCUT2D eigenvalue weighted by molar-refractivity contribution is -0.385. The molecule has 0 saturated carbocycles. The van der Waals surface area contributed by atoms with E-state index in [0.29, 0.717) is 12.4 Å². The minimum absolute atomic E-state index is 0.115. The summed E-state index contributed by atoms with van der Waals surface area (Å²) in [6, 6.07) is 6.41. The summed E-state index contributed by atoms with van der Waals surface area (Å²) in [6.45, 7) is 2.98. The fourth-order valence-electron chi connectivity index (χ4n) is 2.47. The minimum Gasteiger partial charge on any atom is -0.397 e. The van der Waals surface area contributed by atoms with Crippen molar-refractivity contribution >= 4 is 17.7 Å². The first-order valence-corrected chi connectivity index (χ1v) is 8.03. The van der Waals surface area contributed by atoms with E-state index in [1.165, 1.54) is 12.1 Å². The van der Waals surface area contributed by atoms with E-state index in [4.69, 9.17) is 10.5 Å². The van der Waals surface area contributed by atoms with Gasteiger partial charge in [0.2, 0.25) is 0 Å². The Labute approximate surface area is 151 Å². The average molecular weight is 359 g/mol. The van der Waals surface area contributed by atoms with Crippen LogP contribution in [0, 0.1) is 10.1 Å². The molecule has 0 radical (unpaired) electrons. The highest BCUT2D eigenvalue weighted by molar-refractivity contribution is 5.71. The number of aromatic nitrogens is 2. The van der Waals surface area contributed by atoms with Crippen LogP contribution in [-0.4, -0.2) is 52.4 Å². The van der Waals surface area contributed by atoms with Gasteiger partial charge < -0.3 is 10.5 Å². The van der Waals surface area contributed by atoms with Gasteiger partial charge in [0.25, 0.3) is 5.69 Å². The third-order valence-electron chi connectivity index (χ3n) is 3.90. The number of ether oxygens (including phenoxy) is 1. The third kappa shape index (κ3) is 5.87. The van der Waals surface area contributed by atoms with E-state index in [1.807, 2.05) is 12.1 Å². The molecule has 0 aromatic carbocycles. The van der Waals surface area contributed by atoms with Gasteiger partial charge in [-0.1, -0.05) is 0 Å². The summed E-state index contributed by atoms with van der Waals surface area (Å²) in [5.74, 6) is 0. The van der Waals surface area contributed by atoms with Crippen LogP contribution in [0.5, 0.6) is 0 Å². The number of hydrogen-bond acceptors (Lipinski definition) is 8. The zero-order valence-corrected chi connectivity index (χ0v) is 14.4. The normalized spacial score (nSPS) is 16.6. The molecule has 2 aromatic heterocycles. The molecule has 1 aliphatic rings. The van der Waals surface area contributed by atoms with Gasteiger partial charge in [0.15, 0.2) is 6.29 Å². The highest BCUT2D eigenvalue weighted by atomic mass is 16.6. The summed E-state index contributed by atoms with van der Waals surface area (Å²) in [6.07, 6.45) is 4.79. The molecule has 2 N–H and O–H groups in total. The van der Waals surface area contributed by atoms with Crippen molar-refractivity contribution in [2.45, 2.75) is 19.1 Å². The molecular formula is C17H21N5O4. The lowest BCUT2D eigenvalue weighted by atomic mass is 10.3. The Morgan fingerprint density at radius 3 is 2.65 bits per heavy atom. The van der Waals surface area contributed by atoms with Gasteiger partial charge in [-0.05, 0) is 24.6 Å². The fraction of sp³-hybridized carbons (Fsp3) is 0.353. The lowest BCUT2D eigenvalue weighted by Gasteiger charge is -2.14. The summed E-state index contributed by atoms with van der Waals surface area (Å²) in [5, 5.41) is 10.1. The van der Waals surface area contributed by atoms with Crippen LogP contribution in [0.3, 0.4) is 0 Å². The smallest absolute Gasteiger partial charge is 0.287 e. The van der Waals surface area contributed by atoms with Crippen molar-refractivity contribution in [3.8, 4) is 0 Å². The number of nitrogens with zero attached hydrogens (tertiary/aromatic N) is 4. The lowest BCUT2D eigenvalue weighted by Crippen LogP contribution is -2.22. The van der Waals surface area contributed by atoms with Crippen LogP contribution in [0.2, 0.25) is 0 Å². The van der Waals surface area contributed by atoms with Gasteiger partial charge in [-0.15, -0.1) is 0 Å².